The SMILES string of the molecule is COC(OC)c1csc(-c2ccoc2)n1. The molecule has 0 spiro atoms. The van der Waals surface area contributed by atoms with Crippen LogP contribution in [-0.4, -0.2) is 19.2 Å². The Kier molecular flexibility index (Phi) is 3.15. The summed E-state index contributed by atoms with van der Waals surface area (Å²) >= 11 is 1.54. The molecule has 5 heteroatoms. The van der Waals surface area contributed by atoms with Gasteiger partial charge in [-0.15, -0.1) is 11.3 Å². The Hall–Kier alpha value is -1.17. The lowest BCUT2D eigenvalue weighted by Crippen LogP contribution is -2.03. The molecule has 80 valence electrons. The Morgan fingerprint density at radius 3 is 2.80 bits per heavy atom. The summed E-state index contributed by atoms with van der Waals surface area (Å²) in [6, 6.07) is 1.87. The highest BCUT2D eigenvalue weighted by Crippen LogP contribution is 2.27. The van der Waals surface area contributed by atoms with Gasteiger partial charge in [0.15, 0.2) is 0 Å². The van der Waals surface area contributed by atoms with Crippen LogP contribution in [-0.2, 0) is 9.47 Å². The molecule has 4 nitrogen and oxygen atoms in total. The van der Waals surface area contributed by atoms with Crippen molar-refractivity contribution in [2.24, 2.45) is 0 Å². The van der Waals surface area contributed by atoms with Gasteiger partial charge in [0.2, 0.25) is 6.29 Å². The van der Waals surface area contributed by atoms with E-state index < -0.39 is 6.29 Å². The summed E-state index contributed by atoms with van der Waals surface area (Å²) < 4.78 is 15.2. The molecule has 15 heavy (non-hydrogen) atoms. The van der Waals surface area contributed by atoms with Gasteiger partial charge in [-0.05, 0) is 6.07 Å². The van der Waals surface area contributed by atoms with E-state index in [4.69, 9.17) is 13.9 Å². The number of methoxy groups -OCH3 is 2. The van der Waals surface area contributed by atoms with Crippen LogP contribution in [0.2, 0.25) is 0 Å². The van der Waals surface area contributed by atoms with Crippen LogP contribution >= 0.6 is 11.3 Å². The number of thiazole rings is 1. The van der Waals surface area contributed by atoms with Gasteiger partial charge in [0.05, 0.1) is 6.26 Å². The maximum atomic E-state index is 5.11. The molecule has 0 atom stereocenters. The summed E-state index contributed by atoms with van der Waals surface area (Å²) in [4.78, 5) is 4.40. The standard InChI is InChI=1S/C10H11NO3S/c1-12-10(13-2)8-6-15-9(11-8)7-3-4-14-5-7/h3-6,10H,1-2H3. The molecule has 0 aliphatic heterocycles. The zero-order chi connectivity index (χ0) is 10.7. The maximum Gasteiger partial charge on any atom is 0.201 e. The first-order valence-corrected chi connectivity index (χ1v) is 5.26. The Bertz CT molecular complexity index is 406. The molecular weight excluding hydrogens is 214 g/mol. The van der Waals surface area contributed by atoms with Gasteiger partial charge in [-0.1, -0.05) is 0 Å². The van der Waals surface area contributed by atoms with Crippen LogP contribution in [0.4, 0.5) is 0 Å². The minimum Gasteiger partial charge on any atom is -0.472 e. The molecule has 0 aliphatic carbocycles. The smallest absolute Gasteiger partial charge is 0.201 e. The Balaban J connectivity index is 2.24. The number of hydrogen-bond acceptors (Lipinski definition) is 5. The van der Waals surface area contributed by atoms with Gasteiger partial charge in [0, 0.05) is 25.2 Å². The van der Waals surface area contributed by atoms with Crippen LogP contribution in [0.5, 0.6) is 0 Å². The highest BCUT2D eigenvalue weighted by atomic mass is 32.1. The van der Waals surface area contributed by atoms with E-state index >= 15 is 0 Å². The number of furan rings is 1. The fourth-order valence-corrected chi connectivity index (χ4v) is 2.06. The molecule has 2 rings (SSSR count). The fourth-order valence-electron chi connectivity index (χ4n) is 1.25. The van der Waals surface area contributed by atoms with Crippen molar-refractivity contribution < 1.29 is 13.9 Å². The zero-order valence-electron chi connectivity index (χ0n) is 8.47. The van der Waals surface area contributed by atoms with Gasteiger partial charge >= 0.3 is 0 Å². The predicted octanol–water partition coefficient (Wildman–Crippen LogP) is 2.69. The Morgan fingerprint density at radius 1 is 1.40 bits per heavy atom. The lowest BCUT2D eigenvalue weighted by atomic mass is 10.3. The average molecular weight is 225 g/mol. The van der Waals surface area contributed by atoms with Gasteiger partial charge in [-0.3, -0.25) is 0 Å². The van der Waals surface area contributed by atoms with Crippen LogP contribution in [0, 0.1) is 0 Å². The molecule has 0 unspecified atom stereocenters. The van der Waals surface area contributed by atoms with Gasteiger partial charge in [0.1, 0.15) is 17.0 Å². The number of rotatable bonds is 4. The average Bonchev–Trinajstić information content (AvgIpc) is 2.89. The minimum atomic E-state index is -0.401. The van der Waals surface area contributed by atoms with Crippen molar-refractivity contribution in [3.8, 4) is 10.6 Å². The van der Waals surface area contributed by atoms with Crippen LogP contribution in [0.3, 0.4) is 0 Å². The number of nitrogens with zero attached hydrogens (tertiary/aromatic N) is 1. The predicted molar refractivity (Wildman–Crippen MR) is 56.6 cm³/mol. The number of ether oxygens (including phenoxy) is 2. The quantitative estimate of drug-likeness (QED) is 0.750. The highest BCUT2D eigenvalue weighted by Gasteiger charge is 2.14. The highest BCUT2D eigenvalue weighted by molar-refractivity contribution is 7.13. The summed E-state index contributed by atoms with van der Waals surface area (Å²) in [5.74, 6) is 0. The van der Waals surface area contributed by atoms with Crippen molar-refractivity contribution in [2.75, 3.05) is 14.2 Å². The second kappa shape index (κ2) is 4.57. The summed E-state index contributed by atoms with van der Waals surface area (Å²) in [5.41, 5.74) is 1.75. The molecular formula is C10H11NO3S. The Labute approximate surface area is 91.5 Å². The fraction of sp³-hybridized carbons (Fsp3) is 0.300. The lowest BCUT2D eigenvalue weighted by molar-refractivity contribution is -0.108. The van der Waals surface area contributed by atoms with E-state index in [0.29, 0.717) is 0 Å². The van der Waals surface area contributed by atoms with Gasteiger partial charge < -0.3 is 13.9 Å². The van der Waals surface area contributed by atoms with Crippen molar-refractivity contribution in [3.63, 3.8) is 0 Å². The van der Waals surface area contributed by atoms with Crippen LogP contribution < -0.4 is 0 Å². The normalized spacial score (nSPS) is 11.1. The Morgan fingerprint density at radius 2 is 2.20 bits per heavy atom. The van der Waals surface area contributed by atoms with E-state index in [1.807, 2.05) is 11.4 Å². The monoisotopic (exact) mass is 225 g/mol. The summed E-state index contributed by atoms with van der Waals surface area (Å²) in [6.07, 6.45) is 2.89. The molecule has 2 heterocycles. The van der Waals surface area contributed by atoms with Gasteiger partial charge in [0.25, 0.3) is 0 Å². The van der Waals surface area contributed by atoms with Crippen molar-refractivity contribution in [2.45, 2.75) is 6.29 Å². The molecule has 0 saturated carbocycles. The van der Waals surface area contributed by atoms with E-state index in [-0.39, 0.29) is 0 Å². The molecule has 0 saturated heterocycles. The molecule has 0 radical (unpaired) electrons. The van der Waals surface area contributed by atoms with E-state index in [1.165, 1.54) is 11.3 Å². The first kappa shape index (κ1) is 10.4. The second-order valence-electron chi connectivity index (χ2n) is 2.89. The topological polar surface area (TPSA) is 44.5 Å². The van der Waals surface area contributed by atoms with Crippen LogP contribution in [0.25, 0.3) is 10.6 Å². The molecule has 2 aromatic rings. The molecule has 0 amide bonds. The van der Waals surface area contributed by atoms with E-state index in [2.05, 4.69) is 4.98 Å². The number of aromatic nitrogens is 1. The third-order valence-electron chi connectivity index (χ3n) is 1.96. The van der Waals surface area contributed by atoms with E-state index in [0.717, 1.165) is 16.3 Å². The summed E-state index contributed by atoms with van der Waals surface area (Å²) in [7, 11) is 3.18. The van der Waals surface area contributed by atoms with E-state index in [9.17, 15) is 0 Å². The molecule has 2 aromatic heterocycles. The largest absolute Gasteiger partial charge is 0.472 e. The molecule has 0 fully saturated rings. The van der Waals surface area contributed by atoms with Crippen molar-refractivity contribution in [3.05, 3.63) is 29.7 Å². The number of hydrogen-bond donors (Lipinski definition) is 0. The van der Waals surface area contributed by atoms with Crippen molar-refractivity contribution >= 4 is 11.3 Å². The summed E-state index contributed by atoms with van der Waals surface area (Å²) in [6.45, 7) is 0. The third-order valence-corrected chi connectivity index (χ3v) is 2.87. The first-order chi connectivity index (χ1) is 7.35. The zero-order valence-corrected chi connectivity index (χ0v) is 9.28. The maximum absolute atomic E-state index is 5.11. The van der Waals surface area contributed by atoms with Crippen molar-refractivity contribution in [1.29, 1.82) is 0 Å². The van der Waals surface area contributed by atoms with Crippen LogP contribution in [0.1, 0.15) is 12.0 Å². The van der Waals surface area contributed by atoms with Crippen LogP contribution in [0.15, 0.2) is 28.4 Å². The molecule has 0 N–H and O–H groups in total. The third kappa shape index (κ3) is 2.09. The molecule has 0 aromatic carbocycles. The molecule has 0 bridgehead atoms. The second-order valence-corrected chi connectivity index (χ2v) is 3.75. The van der Waals surface area contributed by atoms with Gasteiger partial charge in [-0.25, -0.2) is 4.98 Å². The lowest BCUT2D eigenvalue weighted by Gasteiger charge is -2.09. The first-order valence-electron chi connectivity index (χ1n) is 4.38. The molecule has 0 aliphatic rings. The van der Waals surface area contributed by atoms with Crippen molar-refractivity contribution in [1.82, 2.24) is 4.98 Å². The summed E-state index contributed by atoms with van der Waals surface area (Å²) in [5, 5.41) is 2.82. The van der Waals surface area contributed by atoms with Gasteiger partial charge in [-0.2, -0.15) is 0 Å². The van der Waals surface area contributed by atoms with E-state index in [1.54, 1.807) is 26.7 Å². The minimum absolute atomic E-state index is 0.401.